The maximum absolute atomic E-state index is 11.4. The lowest BCUT2D eigenvalue weighted by Crippen LogP contribution is -2.01. The van der Waals surface area contributed by atoms with E-state index in [1.54, 1.807) is 6.07 Å². The van der Waals surface area contributed by atoms with Crippen LogP contribution in [-0.4, -0.2) is 13.0 Å². The summed E-state index contributed by atoms with van der Waals surface area (Å²) in [4.78, 5) is -0.0316. The fraction of sp³-hybridized carbons (Fsp3) is 0. The highest BCUT2D eigenvalue weighted by Crippen LogP contribution is 2.32. The van der Waals surface area contributed by atoms with E-state index in [1.807, 2.05) is 12.1 Å². The molecule has 0 aliphatic rings. The fourth-order valence-electron chi connectivity index (χ4n) is 1.51. The van der Waals surface area contributed by atoms with E-state index in [9.17, 15) is 13.0 Å². The number of halogens is 3. The van der Waals surface area contributed by atoms with E-state index < -0.39 is 10.1 Å². The van der Waals surface area contributed by atoms with Crippen LogP contribution in [-0.2, 0) is 10.1 Å². The Bertz CT molecular complexity index is 710. The molecule has 0 spiro atoms. The highest BCUT2D eigenvalue weighted by Gasteiger charge is 2.17. The standard InChI is InChI=1S/C10H5I3O3S/c11-5-1-2-6-7(3-5)9(17(14,15)16)4-8(12)10(6)13/h1-4H,(H,14,15,16). The minimum Gasteiger partial charge on any atom is -0.282 e. The van der Waals surface area contributed by atoms with Crippen LogP contribution < -0.4 is 0 Å². The summed E-state index contributed by atoms with van der Waals surface area (Å²) in [6, 6.07) is 7.04. The minimum atomic E-state index is -4.20. The van der Waals surface area contributed by atoms with Crippen LogP contribution in [0.15, 0.2) is 29.2 Å². The van der Waals surface area contributed by atoms with Crippen molar-refractivity contribution in [2.45, 2.75) is 4.90 Å². The Morgan fingerprint density at radius 1 is 1.00 bits per heavy atom. The first-order valence-corrected chi connectivity index (χ1v) is 9.03. The van der Waals surface area contributed by atoms with Gasteiger partial charge in [-0.3, -0.25) is 4.55 Å². The van der Waals surface area contributed by atoms with Gasteiger partial charge in [-0.15, -0.1) is 0 Å². The van der Waals surface area contributed by atoms with E-state index in [4.69, 9.17) is 0 Å². The van der Waals surface area contributed by atoms with Crippen molar-refractivity contribution in [1.29, 1.82) is 0 Å². The zero-order chi connectivity index (χ0) is 12.8. The van der Waals surface area contributed by atoms with Crippen LogP contribution in [0.4, 0.5) is 0 Å². The van der Waals surface area contributed by atoms with E-state index in [-0.39, 0.29) is 4.90 Å². The third kappa shape index (κ3) is 2.87. The van der Waals surface area contributed by atoms with E-state index in [1.165, 1.54) is 6.07 Å². The van der Waals surface area contributed by atoms with Gasteiger partial charge in [0.05, 0.1) is 0 Å². The van der Waals surface area contributed by atoms with E-state index in [2.05, 4.69) is 67.8 Å². The molecule has 0 aromatic heterocycles. The van der Waals surface area contributed by atoms with Crippen molar-refractivity contribution in [3.63, 3.8) is 0 Å². The van der Waals surface area contributed by atoms with Crippen LogP contribution >= 0.6 is 67.8 Å². The van der Waals surface area contributed by atoms with Crippen molar-refractivity contribution >= 4 is 88.7 Å². The number of hydrogen-bond donors (Lipinski definition) is 1. The molecule has 0 bridgehead atoms. The van der Waals surface area contributed by atoms with Crippen LogP contribution in [0, 0.1) is 10.7 Å². The molecule has 0 aliphatic heterocycles. The average molecular weight is 586 g/mol. The van der Waals surface area contributed by atoms with Crippen molar-refractivity contribution in [1.82, 2.24) is 0 Å². The molecule has 0 saturated heterocycles. The molecule has 2 aromatic rings. The molecule has 0 radical (unpaired) electrons. The zero-order valence-electron chi connectivity index (χ0n) is 8.12. The van der Waals surface area contributed by atoms with Crippen LogP contribution in [0.25, 0.3) is 10.8 Å². The van der Waals surface area contributed by atoms with Gasteiger partial charge in [-0.05, 0) is 91.4 Å². The first-order chi connectivity index (χ1) is 7.80. The molecule has 7 heteroatoms. The molecule has 0 heterocycles. The SMILES string of the molecule is O=S(=O)(O)c1cc(I)c(I)c2ccc(I)cc12. The van der Waals surface area contributed by atoms with Crippen molar-refractivity contribution < 1.29 is 13.0 Å². The van der Waals surface area contributed by atoms with Crippen molar-refractivity contribution in [3.05, 3.63) is 35.0 Å². The van der Waals surface area contributed by atoms with Crippen molar-refractivity contribution in [2.24, 2.45) is 0 Å². The van der Waals surface area contributed by atoms with Crippen LogP contribution in [0.5, 0.6) is 0 Å². The topological polar surface area (TPSA) is 54.4 Å². The van der Waals surface area contributed by atoms with E-state index in [0.717, 1.165) is 16.1 Å². The molecule has 0 fully saturated rings. The maximum Gasteiger partial charge on any atom is 0.295 e. The second kappa shape index (κ2) is 5.06. The summed E-state index contributed by atoms with van der Waals surface area (Å²) in [5.41, 5.74) is 0. The second-order valence-corrected chi connectivity index (χ2v) is 8.21. The van der Waals surface area contributed by atoms with Gasteiger partial charge in [-0.25, -0.2) is 0 Å². The second-order valence-electron chi connectivity index (χ2n) is 3.34. The number of benzene rings is 2. The monoisotopic (exact) mass is 586 g/mol. The van der Waals surface area contributed by atoms with Gasteiger partial charge in [-0.1, -0.05) is 6.07 Å². The minimum absolute atomic E-state index is 0.0316. The van der Waals surface area contributed by atoms with Gasteiger partial charge in [0.25, 0.3) is 10.1 Å². The zero-order valence-corrected chi connectivity index (χ0v) is 15.4. The predicted molar refractivity (Wildman–Crippen MR) is 91.9 cm³/mol. The summed E-state index contributed by atoms with van der Waals surface area (Å²) in [5, 5.41) is 1.40. The molecule has 2 rings (SSSR count). The molecule has 17 heavy (non-hydrogen) atoms. The Morgan fingerprint density at radius 3 is 2.24 bits per heavy atom. The quantitative estimate of drug-likeness (QED) is 0.408. The van der Waals surface area contributed by atoms with Gasteiger partial charge in [0.1, 0.15) is 4.90 Å². The average Bonchev–Trinajstić information content (AvgIpc) is 2.21. The molecule has 0 saturated carbocycles. The Labute approximate surface area is 140 Å². The number of rotatable bonds is 1. The molecule has 90 valence electrons. The van der Waals surface area contributed by atoms with E-state index in [0.29, 0.717) is 5.39 Å². The molecule has 0 amide bonds. The summed E-state index contributed by atoms with van der Waals surface area (Å²) in [7, 11) is -4.20. The first kappa shape index (κ1) is 14.2. The number of hydrogen-bond acceptors (Lipinski definition) is 2. The van der Waals surface area contributed by atoms with Crippen LogP contribution in [0.2, 0.25) is 0 Å². The normalized spacial score (nSPS) is 12.0. The third-order valence-corrected chi connectivity index (χ3v) is 6.84. The highest BCUT2D eigenvalue weighted by molar-refractivity contribution is 14.1. The van der Waals surface area contributed by atoms with Crippen molar-refractivity contribution in [3.8, 4) is 0 Å². The van der Waals surface area contributed by atoms with Gasteiger partial charge in [0.2, 0.25) is 0 Å². The van der Waals surface area contributed by atoms with Gasteiger partial charge in [0.15, 0.2) is 0 Å². The molecule has 2 aromatic carbocycles. The summed E-state index contributed by atoms with van der Waals surface area (Å²) in [6.07, 6.45) is 0. The largest absolute Gasteiger partial charge is 0.295 e. The summed E-state index contributed by atoms with van der Waals surface area (Å²) < 4.78 is 34.7. The number of fused-ring (bicyclic) bond motifs is 1. The Kier molecular flexibility index (Phi) is 4.23. The molecule has 3 nitrogen and oxygen atoms in total. The van der Waals surface area contributed by atoms with Gasteiger partial charge < -0.3 is 0 Å². The van der Waals surface area contributed by atoms with Gasteiger partial charge in [-0.2, -0.15) is 8.42 Å². The van der Waals surface area contributed by atoms with Crippen LogP contribution in [0.1, 0.15) is 0 Å². The Balaban J connectivity index is 3.04. The lowest BCUT2D eigenvalue weighted by molar-refractivity contribution is 0.484. The molecule has 0 atom stereocenters. The summed E-state index contributed by atoms with van der Waals surface area (Å²) >= 11 is 6.35. The first-order valence-electron chi connectivity index (χ1n) is 4.35. The predicted octanol–water partition coefficient (Wildman–Crippen LogP) is 3.90. The molecular weight excluding hydrogens is 581 g/mol. The Morgan fingerprint density at radius 2 is 1.65 bits per heavy atom. The van der Waals surface area contributed by atoms with E-state index >= 15 is 0 Å². The van der Waals surface area contributed by atoms with Crippen molar-refractivity contribution in [2.75, 3.05) is 0 Å². The van der Waals surface area contributed by atoms with Crippen LogP contribution in [0.3, 0.4) is 0 Å². The summed E-state index contributed by atoms with van der Waals surface area (Å²) in [6.45, 7) is 0. The lowest BCUT2D eigenvalue weighted by atomic mass is 10.1. The molecule has 0 aliphatic carbocycles. The smallest absolute Gasteiger partial charge is 0.282 e. The molecule has 0 unspecified atom stereocenters. The Hall–Kier alpha value is 0.800. The fourth-order valence-corrected chi connectivity index (χ4v) is 4.15. The maximum atomic E-state index is 11.4. The highest BCUT2D eigenvalue weighted by atomic mass is 127. The lowest BCUT2D eigenvalue weighted by Gasteiger charge is -2.08. The molecular formula is C10H5I3O3S. The van der Waals surface area contributed by atoms with Gasteiger partial charge in [0, 0.05) is 16.1 Å². The third-order valence-electron chi connectivity index (χ3n) is 2.23. The summed E-state index contributed by atoms with van der Waals surface area (Å²) in [5.74, 6) is 0. The molecule has 1 N–H and O–H groups in total. The van der Waals surface area contributed by atoms with Gasteiger partial charge >= 0.3 is 0 Å².